The summed E-state index contributed by atoms with van der Waals surface area (Å²) in [6.07, 6.45) is 5.81. The molecule has 1 aliphatic rings. The van der Waals surface area contributed by atoms with E-state index in [9.17, 15) is 8.42 Å². The van der Waals surface area contributed by atoms with E-state index < -0.39 is 10.0 Å². The summed E-state index contributed by atoms with van der Waals surface area (Å²) in [6, 6.07) is 0. The fraction of sp³-hybridized carbons (Fsp3) is 1.00. The minimum Gasteiger partial charge on any atom is -0.214 e. The van der Waals surface area contributed by atoms with Gasteiger partial charge in [0.1, 0.15) is 0 Å². The maximum atomic E-state index is 11.5. The second-order valence-electron chi connectivity index (χ2n) is 3.87. The van der Waals surface area contributed by atoms with E-state index in [1.807, 2.05) is 0 Å². The number of halogens is 1. The van der Waals surface area contributed by atoms with Gasteiger partial charge >= 0.3 is 0 Å². The van der Waals surface area contributed by atoms with E-state index in [1.165, 1.54) is 19.3 Å². The van der Waals surface area contributed by atoms with Gasteiger partial charge in [-0.15, -0.1) is 0 Å². The third kappa shape index (κ3) is 4.75. The Hall–Kier alpha value is 0.390. The Morgan fingerprint density at radius 3 is 2.43 bits per heavy atom. The first-order valence-electron chi connectivity index (χ1n) is 5.17. The summed E-state index contributed by atoms with van der Waals surface area (Å²) in [5.41, 5.74) is 0. The van der Waals surface area contributed by atoms with Crippen molar-refractivity contribution in [2.45, 2.75) is 32.1 Å². The molecule has 1 fully saturated rings. The number of rotatable bonds is 5. The zero-order valence-electron chi connectivity index (χ0n) is 8.34. The summed E-state index contributed by atoms with van der Waals surface area (Å²) in [7, 11) is -3.02. The van der Waals surface area contributed by atoms with E-state index in [1.54, 1.807) is 0 Å². The van der Waals surface area contributed by atoms with Crippen LogP contribution < -0.4 is 4.72 Å². The normalized spacial score (nSPS) is 19.8. The highest BCUT2D eigenvalue weighted by atomic mass is 79.9. The van der Waals surface area contributed by atoms with Crippen molar-refractivity contribution in [1.29, 1.82) is 0 Å². The van der Waals surface area contributed by atoms with Crippen LogP contribution in [0.1, 0.15) is 32.1 Å². The summed E-state index contributed by atoms with van der Waals surface area (Å²) in [4.78, 5) is 0. The molecule has 0 saturated heterocycles. The third-order valence-electron chi connectivity index (χ3n) is 2.60. The third-order valence-corrected chi connectivity index (χ3v) is 4.55. The van der Waals surface area contributed by atoms with Gasteiger partial charge in [0.05, 0.1) is 5.75 Å². The first-order chi connectivity index (χ1) is 6.64. The molecule has 1 rings (SSSR count). The molecule has 0 aromatic rings. The molecule has 1 N–H and O–H groups in total. The van der Waals surface area contributed by atoms with Crippen molar-refractivity contribution in [3.63, 3.8) is 0 Å². The van der Waals surface area contributed by atoms with Crippen LogP contribution in [0.5, 0.6) is 0 Å². The van der Waals surface area contributed by atoms with Gasteiger partial charge in [-0.1, -0.05) is 35.2 Å². The minimum atomic E-state index is -3.02. The zero-order valence-corrected chi connectivity index (χ0v) is 10.7. The Bertz CT molecular complexity index is 248. The van der Waals surface area contributed by atoms with Crippen molar-refractivity contribution in [2.75, 3.05) is 17.6 Å². The molecule has 3 nitrogen and oxygen atoms in total. The highest BCUT2D eigenvalue weighted by Gasteiger charge is 2.20. The summed E-state index contributed by atoms with van der Waals surface area (Å²) in [6.45, 7) is 0.495. The molecule has 0 bridgehead atoms. The lowest BCUT2D eigenvalue weighted by Gasteiger charge is -2.21. The summed E-state index contributed by atoms with van der Waals surface area (Å²) in [5, 5.41) is 0.677. The van der Waals surface area contributed by atoms with Crippen molar-refractivity contribution >= 4 is 26.0 Å². The second-order valence-corrected chi connectivity index (χ2v) is 6.51. The molecule has 0 spiro atoms. The molecule has 14 heavy (non-hydrogen) atoms. The van der Waals surface area contributed by atoms with E-state index in [-0.39, 0.29) is 0 Å². The Morgan fingerprint density at radius 2 is 1.86 bits per heavy atom. The van der Waals surface area contributed by atoms with Crippen LogP contribution in [0, 0.1) is 5.92 Å². The average Bonchev–Trinajstić information content (AvgIpc) is 2.16. The van der Waals surface area contributed by atoms with Crippen LogP contribution >= 0.6 is 15.9 Å². The van der Waals surface area contributed by atoms with Crippen LogP contribution in [0.25, 0.3) is 0 Å². The fourth-order valence-electron chi connectivity index (χ4n) is 1.92. The smallest absolute Gasteiger partial charge is 0.211 e. The molecule has 0 atom stereocenters. The molecule has 0 amide bonds. The lowest BCUT2D eigenvalue weighted by molar-refractivity contribution is 0.384. The Balaban J connectivity index is 2.33. The fourth-order valence-corrected chi connectivity index (χ4v) is 3.86. The van der Waals surface area contributed by atoms with E-state index in [0.717, 1.165) is 12.8 Å². The molecule has 0 heterocycles. The van der Waals surface area contributed by atoms with E-state index in [0.29, 0.717) is 23.5 Å². The summed E-state index contributed by atoms with van der Waals surface area (Å²) < 4.78 is 25.6. The first-order valence-corrected chi connectivity index (χ1v) is 7.95. The van der Waals surface area contributed by atoms with Crippen molar-refractivity contribution in [3.05, 3.63) is 0 Å². The van der Waals surface area contributed by atoms with Gasteiger partial charge in [0.15, 0.2) is 0 Å². The van der Waals surface area contributed by atoms with Gasteiger partial charge < -0.3 is 0 Å². The van der Waals surface area contributed by atoms with Gasteiger partial charge in [-0.25, -0.2) is 13.1 Å². The van der Waals surface area contributed by atoms with Crippen LogP contribution in [-0.4, -0.2) is 26.0 Å². The first kappa shape index (κ1) is 12.5. The molecular formula is C9H18BrNO2S. The number of hydrogen-bond donors (Lipinski definition) is 1. The number of alkyl halides is 1. The molecule has 0 aromatic carbocycles. The molecule has 0 radical (unpaired) electrons. The zero-order chi connectivity index (χ0) is 10.4. The Labute approximate surface area is 94.8 Å². The van der Waals surface area contributed by atoms with Crippen molar-refractivity contribution in [1.82, 2.24) is 4.72 Å². The van der Waals surface area contributed by atoms with Crippen LogP contribution in [0.2, 0.25) is 0 Å². The molecule has 84 valence electrons. The largest absolute Gasteiger partial charge is 0.214 e. The SMILES string of the molecule is O=S(=O)(CC1CCCCC1)NCCBr. The number of nitrogens with one attached hydrogen (secondary N) is 1. The molecule has 1 saturated carbocycles. The second kappa shape index (κ2) is 6.08. The summed E-state index contributed by atoms with van der Waals surface area (Å²) >= 11 is 3.20. The Morgan fingerprint density at radius 1 is 1.21 bits per heavy atom. The molecule has 0 unspecified atom stereocenters. The predicted molar refractivity (Wildman–Crippen MR) is 62.2 cm³/mol. The highest BCUT2D eigenvalue weighted by molar-refractivity contribution is 9.09. The van der Waals surface area contributed by atoms with Crippen LogP contribution in [-0.2, 0) is 10.0 Å². The lowest BCUT2D eigenvalue weighted by atomic mass is 9.91. The van der Waals surface area contributed by atoms with Gasteiger partial charge in [-0.2, -0.15) is 0 Å². The average molecular weight is 284 g/mol. The van der Waals surface area contributed by atoms with E-state index >= 15 is 0 Å². The van der Waals surface area contributed by atoms with Gasteiger partial charge in [-0.05, 0) is 18.8 Å². The van der Waals surface area contributed by atoms with E-state index in [2.05, 4.69) is 20.7 Å². The van der Waals surface area contributed by atoms with Crippen molar-refractivity contribution in [3.8, 4) is 0 Å². The molecule has 0 aromatic heterocycles. The maximum Gasteiger partial charge on any atom is 0.211 e. The topological polar surface area (TPSA) is 46.2 Å². The molecule has 1 aliphatic carbocycles. The molecule has 5 heteroatoms. The summed E-state index contributed by atoms with van der Waals surface area (Å²) in [5.74, 6) is 0.705. The van der Waals surface area contributed by atoms with Crippen molar-refractivity contribution < 1.29 is 8.42 Å². The molecule has 0 aliphatic heterocycles. The van der Waals surface area contributed by atoms with Crippen LogP contribution in [0.4, 0.5) is 0 Å². The highest BCUT2D eigenvalue weighted by Crippen LogP contribution is 2.24. The van der Waals surface area contributed by atoms with Gasteiger partial charge in [0.2, 0.25) is 10.0 Å². The standard InChI is InChI=1S/C9H18BrNO2S/c10-6-7-11-14(12,13)8-9-4-2-1-3-5-9/h9,11H,1-8H2. The maximum absolute atomic E-state index is 11.5. The predicted octanol–water partition coefficient (Wildman–Crippen LogP) is 1.88. The van der Waals surface area contributed by atoms with E-state index in [4.69, 9.17) is 0 Å². The van der Waals surface area contributed by atoms with Crippen molar-refractivity contribution in [2.24, 2.45) is 5.92 Å². The molecular weight excluding hydrogens is 266 g/mol. The Kier molecular flexibility index (Phi) is 5.41. The number of sulfonamides is 1. The lowest BCUT2D eigenvalue weighted by Crippen LogP contribution is -2.31. The monoisotopic (exact) mass is 283 g/mol. The number of hydrogen-bond acceptors (Lipinski definition) is 2. The van der Waals surface area contributed by atoms with Crippen LogP contribution in [0.3, 0.4) is 0 Å². The minimum absolute atomic E-state index is 0.319. The van der Waals surface area contributed by atoms with Gasteiger partial charge in [-0.3, -0.25) is 0 Å². The van der Waals surface area contributed by atoms with Gasteiger partial charge in [0.25, 0.3) is 0 Å². The van der Waals surface area contributed by atoms with Gasteiger partial charge in [0, 0.05) is 11.9 Å². The quantitative estimate of drug-likeness (QED) is 0.784. The van der Waals surface area contributed by atoms with Crippen LogP contribution in [0.15, 0.2) is 0 Å².